The lowest BCUT2D eigenvalue weighted by molar-refractivity contribution is -0.123. The molecule has 2 aromatic rings. The zero-order valence-corrected chi connectivity index (χ0v) is 16.9. The van der Waals surface area contributed by atoms with E-state index in [2.05, 4.69) is 19.2 Å². The van der Waals surface area contributed by atoms with E-state index in [0.29, 0.717) is 17.4 Å². The number of anilines is 1. The van der Waals surface area contributed by atoms with Gasteiger partial charge in [-0.1, -0.05) is 32.0 Å². The standard InChI is InChI=1S/C22H27NO5/c1-6-14(2)17-9-7-8-10-19(17)23-21(24)15(3)28-22(25)18-13-16(26-4)11-12-20(18)27-5/h7-15H,6H2,1-5H3,(H,23,24)/t14-,15-/m0/s1. The molecule has 0 spiro atoms. The lowest BCUT2D eigenvalue weighted by Crippen LogP contribution is -2.30. The van der Waals surface area contributed by atoms with Crippen molar-refractivity contribution in [3.63, 3.8) is 0 Å². The zero-order valence-electron chi connectivity index (χ0n) is 16.9. The second-order valence-corrected chi connectivity index (χ2v) is 6.50. The molecular formula is C22H27NO5. The molecule has 0 bridgehead atoms. The van der Waals surface area contributed by atoms with Gasteiger partial charge in [0.2, 0.25) is 0 Å². The molecule has 2 rings (SSSR count). The number of benzene rings is 2. The smallest absolute Gasteiger partial charge is 0.342 e. The molecule has 0 aliphatic heterocycles. The average Bonchev–Trinajstić information content (AvgIpc) is 2.72. The van der Waals surface area contributed by atoms with E-state index in [-0.39, 0.29) is 5.56 Å². The monoisotopic (exact) mass is 385 g/mol. The van der Waals surface area contributed by atoms with E-state index in [9.17, 15) is 9.59 Å². The number of hydrogen-bond donors (Lipinski definition) is 1. The van der Waals surface area contributed by atoms with Gasteiger partial charge in [0, 0.05) is 5.69 Å². The lowest BCUT2D eigenvalue weighted by Gasteiger charge is -2.18. The Morgan fingerprint density at radius 1 is 1.04 bits per heavy atom. The Kier molecular flexibility index (Phi) is 7.44. The van der Waals surface area contributed by atoms with Crippen LogP contribution in [0.1, 0.15) is 49.0 Å². The van der Waals surface area contributed by atoms with Crippen LogP contribution >= 0.6 is 0 Å². The second kappa shape index (κ2) is 9.78. The molecule has 0 aliphatic carbocycles. The summed E-state index contributed by atoms with van der Waals surface area (Å²) in [7, 11) is 2.96. The highest BCUT2D eigenvalue weighted by Gasteiger charge is 2.23. The van der Waals surface area contributed by atoms with Gasteiger partial charge in [0.25, 0.3) is 5.91 Å². The van der Waals surface area contributed by atoms with E-state index in [0.717, 1.165) is 17.7 Å². The van der Waals surface area contributed by atoms with Gasteiger partial charge in [-0.05, 0) is 49.1 Å². The molecule has 2 atom stereocenters. The largest absolute Gasteiger partial charge is 0.497 e. The van der Waals surface area contributed by atoms with E-state index in [1.165, 1.54) is 27.2 Å². The van der Waals surface area contributed by atoms with Crippen LogP contribution < -0.4 is 14.8 Å². The highest BCUT2D eigenvalue weighted by Crippen LogP contribution is 2.27. The normalized spacial score (nSPS) is 12.6. The maximum absolute atomic E-state index is 12.6. The van der Waals surface area contributed by atoms with E-state index in [1.807, 2.05) is 24.3 Å². The van der Waals surface area contributed by atoms with Crippen LogP contribution in [-0.4, -0.2) is 32.2 Å². The Bertz CT molecular complexity index is 833. The number of nitrogens with one attached hydrogen (secondary N) is 1. The van der Waals surface area contributed by atoms with Crippen molar-refractivity contribution in [2.45, 2.75) is 39.2 Å². The minimum absolute atomic E-state index is 0.196. The first-order chi connectivity index (χ1) is 13.4. The van der Waals surface area contributed by atoms with Crippen molar-refractivity contribution >= 4 is 17.6 Å². The fourth-order valence-electron chi connectivity index (χ4n) is 2.75. The zero-order chi connectivity index (χ0) is 20.7. The molecular weight excluding hydrogens is 358 g/mol. The van der Waals surface area contributed by atoms with Crippen LogP contribution in [0.4, 0.5) is 5.69 Å². The Labute approximate surface area is 165 Å². The van der Waals surface area contributed by atoms with Gasteiger partial charge in [0.1, 0.15) is 17.1 Å². The summed E-state index contributed by atoms with van der Waals surface area (Å²) in [5.74, 6) is 0.0860. The third kappa shape index (κ3) is 5.03. The van der Waals surface area contributed by atoms with E-state index >= 15 is 0 Å². The third-order valence-electron chi connectivity index (χ3n) is 4.64. The van der Waals surface area contributed by atoms with Crippen molar-refractivity contribution in [3.8, 4) is 11.5 Å². The van der Waals surface area contributed by atoms with Crippen LogP contribution in [-0.2, 0) is 9.53 Å². The predicted molar refractivity (Wildman–Crippen MR) is 108 cm³/mol. The van der Waals surface area contributed by atoms with Gasteiger partial charge >= 0.3 is 5.97 Å². The minimum atomic E-state index is -0.978. The molecule has 0 saturated heterocycles. The Morgan fingerprint density at radius 2 is 1.75 bits per heavy atom. The fourth-order valence-corrected chi connectivity index (χ4v) is 2.75. The molecule has 0 saturated carbocycles. The number of rotatable bonds is 8. The summed E-state index contributed by atoms with van der Waals surface area (Å²) in [6.45, 7) is 5.73. The first kappa shape index (κ1) is 21.3. The van der Waals surface area contributed by atoms with Crippen LogP contribution in [0.15, 0.2) is 42.5 Å². The molecule has 6 nitrogen and oxygen atoms in total. The number of hydrogen-bond acceptors (Lipinski definition) is 5. The molecule has 28 heavy (non-hydrogen) atoms. The molecule has 0 aromatic heterocycles. The Morgan fingerprint density at radius 3 is 2.39 bits per heavy atom. The quantitative estimate of drug-likeness (QED) is 0.682. The maximum Gasteiger partial charge on any atom is 0.342 e. The molecule has 0 fully saturated rings. The Balaban J connectivity index is 2.12. The summed E-state index contributed by atoms with van der Waals surface area (Å²) in [6.07, 6.45) is -0.0269. The van der Waals surface area contributed by atoms with Crippen molar-refractivity contribution in [1.29, 1.82) is 0 Å². The summed E-state index contributed by atoms with van der Waals surface area (Å²) >= 11 is 0. The maximum atomic E-state index is 12.6. The van der Waals surface area contributed by atoms with Crippen LogP contribution in [0.5, 0.6) is 11.5 Å². The van der Waals surface area contributed by atoms with Gasteiger partial charge in [-0.3, -0.25) is 4.79 Å². The van der Waals surface area contributed by atoms with Crippen LogP contribution in [0.25, 0.3) is 0 Å². The summed E-state index contributed by atoms with van der Waals surface area (Å²) < 4.78 is 15.7. The average molecular weight is 385 g/mol. The molecule has 6 heteroatoms. The highest BCUT2D eigenvalue weighted by molar-refractivity contribution is 5.98. The van der Waals surface area contributed by atoms with Gasteiger partial charge in [-0.2, -0.15) is 0 Å². The number of carbonyl (C=O) groups excluding carboxylic acids is 2. The second-order valence-electron chi connectivity index (χ2n) is 6.50. The van der Waals surface area contributed by atoms with Crippen molar-refractivity contribution in [2.24, 2.45) is 0 Å². The minimum Gasteiger partial charge on any atom is -0.497 e. The summed E-state index contributed by atoms with van der Waals surface area (Å²) in [6, 6.07) is 12.4. The van der Waals surface area contributed by atoms with Gasteiger partial charge < -0.3 is 19.5 Å². The Hall–Kier alpha value is -3.02. The number of para-hydroxylation sites is 1. The highest BCUT2D eigenvalue weighted by atomic mass is 16.5. The molecule has 150 valence electrons. The molecule has 0 unspecified atom stereocenters. The van der Waals surface area contributed by atoms with E-state index < -0.39 is 18.0 Å². The molecule has 2 aromatic carbocycles. The van der Waals surface area contributed by atoms with E-state index in [1.54, 1.807) is 12.1 Å². The van der Waals surface area contributed by atoms with Crippen molar-refractivity contribution in [2.75, 3.05) is 19.5 Å². The third-order valence-corrected chi connectivity index (χ3v) is 4.64. The first-order valence-corrected chi connectivity index (χ1v) is 9.24. The topological polar surface area (TPSA) is 73.9 Å². The molecule has 0 aliphatic rings. The molecule has 1 amide bonds. The first-order valence-electron chi connectivity index (χ1n) is 9.24. The van der Waals surface area contributed by atoms with Gasteiger partial charge in [-0.15, -0.1) is 0 Å². The summed E-state index contributed by atoms with van der Waals surface area (Å²) in [4.78, 5) is 25.1. The predicted octanol–water partition coefficient (Wildman–Crippen LogP) is 4.40. The number of ether oxygens (including phenoxy) is 3. The number of amides is 1. The summed E-state index contributed by atoms with van der Waals surface area (Å²) in [5, 5.41) is 2.86. The van der Waals surface area contributed by atoms with Crippen molar-refractivity contribution in [1.82, 2.24) is 0 Å². The van der Waals surface area contributed by atoms with Crippen LogP contribution in [0.2, 0.25) is 0 Å². The number of carbonyl (C=O) groups is 2. The molecule has 0 radical (unpaired) electrons. The van der Waals surface area contributed by atoms with Gasteiger partial charge in [0.15, 0.2) is 6.10 Å². The molecule has 0 heterocycles. The summed E-state index contributed by atoms with van der Waals surface area (Å²) in [5.41, 5.74) is 1.97. The number of methoxy groups -OCH3 is 2. The van der Waals surface area contributed by atoms with Crippen LogP contribution in [0, 0.1) is 0 Å². The van der Waals surface area contributed by atoms with Gasteiger partial charge in [0.05, 0.1) is 14.2 Å². The van der Waals surface area contributed by atoms with Crippen molar-refractivity contribution < 1.29 is 23.8 Å². The molecule has 1 N–H and O–H groups in total. The van der Waals surface area contributed by atoms with Gasteiger partial charge in [-0.25, -0.2) is 4.79 Å². The van der Waals surface area contributed by atoms with E-state index in [4.69, 9.17) is 14.2 Å². The SMILES string of the molecule is CC[C@H](C)c1ccccc1NC(=O)[C@H](C)OC(=O)c1cc(OC)ccc1OC. The number of esters is 1. The lowest BCUT2D eigenvalue weighted by atomic mass is 9.97. The van der Waals surface area contributed by atoms with Crippen molar-refractivity contribution in [3.05, 3.63) is 53.6 Å². The van der Waals surface area contributed by atoms with Crippen LogP contribution in [0.3, 0.4) is 0 Å². The fraction of sp³-hybridized carbons (Fsp3) is 0.364.